The second-order valence-corrected chi connectivity index (χ2v) is 2.76. The van der Waals surface area contributed by atoms with Crippen LogP contribution in [-0.2, 0) is 0 Å². The molecule has 0 saturated heterocycles. The molecular weight excluding hydrogens is 170 g/mol. The summed E-state index contributed by atoms with van der Waals surface area (Å²) in [5.41, 5.74) is 0.846. The van der Waals surface area contributed by atoms with E-state index in [0.29, 0.717) is 17.6 Å². The van der Waals surface area contributed by atoms with Crippen LogP contribution in [-0.4, -0.2) is 0 Å². The zero-order chi connectivity index (χ0) is 11.0. The molecule has 0 aliphatic rings. The Kier molecular flexibility index (Phi) is 9.09. The minimum Gasteiger partial charge on any atom is -0.204 e. The Balaban J connectivity index is 0. The predicted molar refractivity (Wildman–Crippen MR) is 54.9 cm³/mol. The minimum absolute atomic E-state index is 0.385. The van der Waals surface area contributed by atoms with Gasteiger partial charge in [0.2, 0.25) is 0 Å². The molecule has 0 atom stereocenters. The highest BCUT2D eigenvalue weighted by Gasteiger charge is 2.07. The molecule has 0 saturated carbocycles. The highest BCUT2D eigenvalue weighted by molar-refractivity contribution is 5.26. The zero-order valence-corrected chi connectivity index (χ0v) is 9.46. The first kappa shape index (κ1) is 14.8. The quantitative estimate of drug-likeness (QED) is 0.541. The number of rotatable bonds is 2. The van der Waals surface area contributed by atoms with Crippen LogP contribution in [0.2, 0.25) is 0 Å². The first-order valence-corrected chi connectivity index (χ1v) is 4.69. The molecule has 0 aliphatic heterocycles. The molecule has 0 N–H and O–H groups in total. The van der Waals surface area contributed by atoms with Crippen LogP contribution in [0.5, 0.6) is 0 Å². The van der Waals surface area contributed by atoms with Crippen molar-refractivity contribution in [3.63, 3.8) is 0 Å². The van der Waals surface area contributed by atoms with Gasteiger partial charge in [-0.2, -0.15) is 0 Å². The summed E-state index contributed by atoms with van der Waals surface area (Å²) < 4.78 is 25.7. The van der Waals surface area contributed by atoms with Crippen molar-refractivity contribution in [1.29, 1.82) is 0 Å². The van der Waals surface area contributed by atoms with E-state index in [9.17, 15) is 8.78 Å². The molecule has 0 aromatic rings. The molecule has 0 unspecified atom stereocenters. The van der Waals surface area contributed by atoms with Crippen molar-refractivity contribution in [2.45, 2.75) is 48.0 Å². The summed E-state index contributed by atoms with van der Waals surface area (Å²) in [6.45, 7) is 10.5. The summed E-state index contributed by atoms with van der Waals surface area (Å²) in [5.74, 6) is -1.42. The standard InChI is InChI=1S/C9H14F2.C2H6/c1-5-7(4)9(11)8(10)6(2)3;1-2/h5H2,1-4H3;1-2H3/b9-7+;. The number of hydrogen-bond donors (Lipinski definition) is 0. The van der Waals surface area contributed by atoms with E-state index in [1.165, 1.54) is 0 Å². The fourth-order valence-electron chi connectivity index (χ4n) is 0.562. The summed E-state index contributed by atoms with van der Waals surface area (Å²) in [6, 6.07) is 0. The van der Waals surface area contributed by atoms with Gasteiger partial charge in [0.25, 0.3) is 0 Å². The van der Waals surface area contributed by atoms with Gasteiger partial charge in [-0.1, -0.05) is 20.8 Å². The molecule has 0 amide bonds. The molecule has 2 heteroatoms. The van der Waals surface area contributed by atoms with Crippen LogP contribution >= 0.6 is 0 Å². The predicted octanol–water partition coefficient (Wildman–Crippen LogP) is 4.93. The summed E-state index contributed by atoms with van der Waals surface area (Å²) in [5, 5.41) is 0. The second kappa shape index (κ2) is 7.96. The molecule has 0 fully saturated rings. The fourth-order valence-corrected chi connectivity index (χ4v) is 0.562. The van der Waals surface area contributed by atoms with Gasteiger partial charge >= 0.3 is 0 Å². The maximum absolute atomic E-state index is 12.9. The zero-order valence-electron chi connectivity index (χ0n) is 9.46. The Bertz CT molecular complexity index is 196. The van der Waals surface area contributed by atoms with Gasteiger partial charge in [-0.3, -0.25) is 0 Å². The SMILES string of the molecule is CC.CC/C(C)=C(/F)C(F)=C(C)C. The maximum Gasteiger partial charge on any atom is 0.157 e. The lowest BCUT2D eigenvalue weighted by Gasteiger charge is -2.00. The van der Waals surface area contributed by atoms with Crippen molar-refractivity contribution >= 4 is 0 Å². The topological polar surface area (TPSA) is 0 Å². The number of allylic oxidation sites excluding steroid dienone is 4. The lowest BCUT2D eigenvalue weighted by molar-refractivity contribution is 0.527. The third-order valence-electron chi connectivity index (χ3n) is 1.54. The third kappa shape index (κ3) is 5.56. The minimum atomic E-state index is -0.718. The highest BCUT2D eigenvalue weighted by atomic mass is 19.2. The molecule has 0 spiro atoms. The van der Waals surface area contributed by atoms with Gasteiger partial charge in [-0.15, -0.1) is 0 Å². The molecule has 0 bridgehead atoms. The van der Waals surface area contributed by atoms with Crippen LogP contribution in [0.4, 0.5) is 8.78 Å². The Hall–Kier alpha value is -0.660. The van der Waals surface area contributed by atoms with E-state index in [1.54, 1.807) is 27.7 Å². The van der Waals surface area contributed by atoms with E-state index in [4.69, 9.17) is 0 Å². The number of halogens is 2. The van der Waals surface area contributed by atoms with Crippen LogP contribution in [0.3, 0.4) is 0 Å². The summed E-state index contributed by atoms with van der Waals surface area (Å²) in [7, 11) is 0. The Morgan fingerprint density at radius 2 is 1.31 bits per heavy atom. The first-order chi connectivity index (χ1) is 6.00. The summed E-state index contributed by atoms with van der Waals surface area (Å²) in [6.07, 6.45) is 0.548. The van der Waals surface area contributed by atoms with E-state index in [-0.39, 0.29) is 0 Å². The molecular formula is C11H20F2. The molecule has 0 radical (unpaired) electrons. The smallest absolute Gasteiger partial charge is 0.157 e. The van der Waals surface area contributed by atoms with Gasteiger partial charge in [-0.05, 0) is 38.3 Å². The van der Waals surface area contributed by atoms with E-state index in [0.717, 1.165) is 0 Å². The van der Waals surface area contributed by atoms with Crippen LogP contribution in [0.15, 0.2) is 22.8 Å². The Morgan fingerprint density at radius 3 is 1.54 bits per heavy atom. The van der Waals surface area contributed by atoms with Crippen molar-refractivity contribution < 1.29 is 8.78 Å². The molecule has 0 nitrogen and oxygen atoms in total. The van der Waals surface area contributed by atoms with Crippen molar-refractivity contribution in [3.05, 3.63) is 22.8 Å². The molecule has 0 aromatic carbocycles. The first-order valence-electron chi connectivity index (χ1n) is 4.69. The Labute approximate surface area is 80.3 Å². The van der Waals surface area contributed by atoms with Gasteiger partial charge in [0.1, 0.15) is 0 Å². The summed E-state index contributed by atoms with van der Waals surface area (Å²) in [4.78, 5) is 0. The molecule has 0 heterocycles. The van der Waals surface area contributed by atoms with Crippen LogP contribution < -0.4 is 0 Å². The normalized spacial score (nSPS) is 11.1. The van der Waals surface area contributed by atoms with Gasteiger partial charge in [0.05, 0.1) is 0 Å². The molecule has 13 heavy (non-hydrogen) atoms. The average molecular weight is 190 g/mol. The van der Waals surface area contributed by atoms with E-state index in [1.807, 2.05) is 13.8 Å². The molecule has 0 aliphatic carbocycles. The van der Waals surface area contributed by atoms with Gasteiger partial charge in [0, 0.05) is 0 Å². The Morgan fingerprint density at radius 1 is 0.923 bits per heavy atom. The second-order valence-electron chi connectivity index (χ2n) is 2.76. The highest BCUT2D eigenvalue weighted by Crippen LogP contribution is 2.22. The van der Waals surface area contributed by atoms with Crippen LogP contribution in [0.25, 0.3) is 0 Å². The lowest BCUT2D eigenvalue weighted by atomic mass is 10.1. The van der Waals surface area contributed by atoms with Crippen LogP contribution in [0.1, 0.15) is 48.0 Å². The van der Waals surface area contributed by atoms with Gasteiger partial charge < -0.3 is 0 Å². The van der Waals surface area contributed by atoms with Crippen molar-refractivity contribution in [2.24, 2.45) is 0 Å². The van der Waals surface area contributed by atoms with Crippen LogP contribution in [0, 0.1) is 0 Å². The maximum atomic E-state index is 12.9. The molecule has 0 aromatic heterocycles. The monoisotopic (exact) mass is 190 g/mol. The largest absolute Gasteiger partial charge is 0.204 e. The number of hydrogen-bond acceptors (Lipinski definition) is 0. The van der Waals surface area contributed by atoms with Crippen molar-refractivity contribution in [2.75, 3.05) is 0 Å². The van der Waals surface area contributed by atoms with Crippen molar-refractivity contribution in [1.82, 2.24) is 0 Å². The fraction of sp³-hybridized carbons (Fsp3) is 0.636. The van der Waals surface area contributed by atoms with Gasteiger partial charge in [-0.25, -0.2) is 8.78 Å². The summed E-state index contributed by atoms with van der Waals surface area (Å²) >= 11 is 0. The average Bonchev–Trinajstić information content (AvgIpc) is 2.17. The molecule has 78 valence electrons. The third-order valence-corrected chi connectivity index (χ3v) is 1.54. The lowest BCUT2D eigenvalue weighted by Crippen LogP contribution is -1.84. The van der Waals surface area contributed by atoms with E-state index in [2.05, 4.69) is 0 Å². The van der Waals surface area contributed by atoms with Crippen molar-refractivity contribution in [3.8, 4) is 0 Å². The molecule has 0 rings (SSSR count). The van der Waals surface area contributed by atoms with E-state index >= 15 is 0 Å². The van der Waals surface area contributed by atoms with E-state index < -0.39 is 11.7 Å². The van der Waals surface area contributed by atoms with Gasteiger partial charge in [0.15, 0.2) is 11.7 Å².